The number of benzene rings is 1. The molecule has 0 bridgehead atoms. The quantitative estimate of drug-likeness (QED) is 0.848. The van der Waals surface area contributed by atoms with E-state index >= 15 is 0 Å². The van der Waals surface area contributed by atoms with Crippen molar-refractivity contribution in [2.24, 2.45) is 0 Å². The van der Waals surface area contributed by atoms with Crippen LogP contribution in [0.2, 0.25) is 5.02 Å². The summed E-state index contributed by atoms with van der Waals surface area (Å²) >= 11 is 6.10. The summed E-state index contributed by atoms with van der Waals surface area (Å²) in [5, 5.41) is 7.64. The zero-order valence-corrected chi connectivity index (χ0v) is 13.0. The standard InChI is InChI=1S/C14H18ClN3O3/c1-4-16-7-10-5-11(15)6-12(19-3)14(10)20-8-13-17-9(2)21-18-13/h5-6,16H,4,7-8H2,1-3H3. The van der Waals surface area contributed by atoms with E-state index in [1.54, 1.807) is 20.1 Å². The maximum absolute atomic E-state index is 6.10. The van der Waals surface area contributed by atoms with Crippen LogP contribution in [0.3, 0.4) is 0 Å². The van der Waals surface area contributed by atoms with Crippen LogP contribution in [-0.2, 0) is 13.2 Å². The molecular weight excluding hydrogens is 294 g/mol. The fourth-order valence-corrected chi connectivity index (χ4v) is 2.10. The summed E-state index contributed by atoms with van der Waals surface area (Å²) in [5.41, 5.74) is 0.918. The molecule has 1 heterocycles. The predicted molar refractivity (Wildman–Crippen MR) is 78.8 cm³/mol. The fraction of sp³-hybridized carbons (Fsp3) is 0.429. The van der Waals surface area contributed by atoms with Crippen molar-refractivity contribution >= 4 is 11.6 Å². The Kier molecular flexibility index (Phi) is 5.41. The second-order valence-electron chi connectivity index (χ2n) is 4.39. The average molecular weight is 312 g/mol. The molecule has 0 unspecified atom stereocenters. The molecule has 0 spiro atoms. The first-order valence-electron chi connectivity index (χ1n) is 6.63. The number of nitrogens with one attached hydrogen (secondary N) is 1. The van der Waals surface area contributed by atoms with Crippen LogP contribution in [0.15, 0.2) is 16.7 Å². The van der Waals surface area contributed by atoms with Gasteiger partial charge in [0.15, 0.2) is 18.1 Å². The Morgan fingerprint density at radius 1 is 1.38 bits per heavy atom. The first kappa shape index (κ1) is 15.6. The summed E-state index contributed by atoms with van der Waals surface area (Å²) in [6, 6.07) is 3.57. The van der Waals surface area contributed by atoms with Gasteiger partial charge < -0.3 is 19.3 Å². The summed E-state index contributed by atoms with van der Waals surface area (Å²) in [7, 11) is 1.58. The highest BCUT2D eigenvalue weighted by Crippen LogP contribution is 2.35. The van der Waals surface area contributed by atoms with Gasteiger partial charge in [0.05, 0.1) is 7.11 Å². The van der Waals surface area contributed by atoms with Crippen molar-refractivity contribution in [2.75, 3.05) is 13.7 Å². The zero-order valence-electron chi connectivity index (χ0n) is 12.3. The molecule has 21 heavy (non-hydrogen) atoms. The Morgan fingerprint density at radius 2 is 2.19 bits per heavy atom. The molecule has 6 nitrogen and oxygen atoms in total. The van der Waals surface area contributed by atoms with Crippen molar-refractivity contribution in [2.45, 2.75) is 27.0 Å². The lowest BCUT2D eigenvalue weighted by atomic mass is 10.2. The number of hydrogen-bond acceptors (Lipinski definition) is 6. The van der Waals surface area contributed by atoms with E-state index < -0.39 is 0 Å². The molecule has 0 aliphatic rings. The predicted octanol–water partition coefficient (Wildman–Crippen LogP) is 2.73. The molecule has 2 rings (SSSR count). The van der Waals surface area contributed by atoms with E-state index in [2.05, 4.69) is 15.5 Å². The summed E-state index contributed by atoms with van der Waals surface area (Å²) in [6.45, 7) is 5.45. The molecule has 0 aliphatic carbocycles. The maximum Gasteiger partial charge on any atom is 0.223 e. The largest absolute Gasteiger partial charge is 0.493 e. The van der Waals surface area contributed by atoms with Crippen molar-refractivity contribution in [3.8, 4) is 11.5 Å². The molecule has 0 radical (unpaired) electrons. The number of aromatic nitrogens is 2. The Hall–Kier alpha value is -1.79. The van der Waals surface area contributed by atoms with E-state index in [-0.39, 0.29) is 6.61 Å². The van der Waals surface area contributed by atoms with E-state index in [0.29, 0.717) is 34.8 Å². The third-order valence-electron chi connectivity index (χ3n) is 2.80. The minimum Gasteiger partial charge on any atom is -0.493 e. The van der Waals surface area contributed by atoms with Gasteiger partial charge in [-0.2, -0.15) is 4.98 Å². The van der Waals surface area contributed by atoms with Gasteiger partial charge in [-0.15, -0.1) is 0 Å². The number of halogens is 1. The number of methoxy groups -OCH3 is 1. The highest BCUT2D eigenvalue weighted by molar-refractivity contribution is 6.30. The minimum atomic E-state index is 0.203. The number of ether oxygens (including phenoxy) is 2. The van der Waals surface area contributed by atoms with Gasteiger partial charge in [0, 0.05) is 30.1 Å². The van der Waals surface area contributed by atoms with Gasteiger partial charge in [-0.3, -0.25) is 0 Å². The molecule has 2 aromatic rings. The molecule has 0 amide bonds. The van der Waals surface area contributed by atoms with Crippen LogP contribution in [0.5, 0.6) is 11.5 Å². The van der Waals surface area contributed by atoms with E-state index in [9.17, 15) is 0 Å². The van der Waals surface area contributed by atoms with Gasteiger partial charge >= 0.3 is 0 Å². The van der Waals surface area contributed by atoms with Crippen LogP contribution in [0.25, 0.3) is 0 Å². The molecule has 114 valence electrons. The zero-order chi connectivity index (χ0) is 15.2. The number of aryl methyl sites for hydroxylation is 1. The lowest BCUT2D eigenvalue weighted by molar-refractivity contribution is 0.266. The number of hydrogen-bond donors (Lipinski definition) is 1. The molecule has 0 atom stereocenters. The Bertz CT molecular complexity index is 601. The normalized spacial score (nSPS) is 10.7. The van der Waals surface area contributed by atoms with Gasteiger partial charge in [-0.05, 0) is 12.6 Å². The molecule has 0 saturated heterocycles. The molecule has 7 heteroatoms. The average Bonchev–Trinajstić information content (AvgIpc) is 2.88. The van der Waals surface area contributed by atoms with Crippen LogP contribution in [0, 0.1) is 6.92 Å². The number of rotatable bonds is 7. The Balaban J connectivity index is 2.21. The fourth-order valence-electron chi connectivity index (χ4n) is 1.87. The van der Waals surface area contributed by atoms with E-state index in [4.69, 9.17) is 25.6 Å². The van der Waals surface area contributed by atoms with Crippen molar-refractivity contribution in [3.63, 3.8) is 0 Å². The van der Waals surface area contributed by atoms with E-state index in [1.165, 1.54) is 0 Å². The SMILES string of the molecule is CCNCc1cc(Cl)cc(OC)c1OCc1noc(C)n1. The Labute approximate surface area is 128 Å². The molecule has 1 N–H and O–H groups in total. The van der Waals surface area contributed by atoms with Crippen LogP contribution in [0.1, 0.15) is 24.2 Å². The van der Waals surface area contributed by atoms with Crippen molar-refractivity contribution in [3.05, 3.63) is 34.4 Å². The van der Waals surface area contributed by atoms with Gasteiger partial charge in [-0.1, -0.05) is 23.7 Å². The molecular formula is C14H18ClN3O3. The van der Waals surface area contributed by atoms with Crippen molar-refractivity contribution in [1.29, 1.82) is 0 Å². The number of nitrogens with zero attached hydrogens (tertiary/aromatic N) is 2. The van der Waals surface area contributed by atoms with Crippen LogP contribution in [0.4, 0.5) is 0 Å². The van der Waals surface area contributed by atoms with Gasteiger partial charge in [-0.25, -0.2) is 0 Å². The summed E-state index contributed by atoms with van der Waals surface area (Å²) in [5.74, 6) is 2.20. The minimum absolute atomic E-state index is 0.203. The van der Waals surface area contributed by atoms with E-state index in [0.717, 1.165) is 12.1 Å². The molecule has 0 saturated carbocycles. The highest BCUT2D eigenvalue weighted by Gasteiger charge is 2.14. The molecule has 0 aliphatic heterocycles. The van der Waals surface area contributed by atoms with E-state index in [1.807, 2.05) is 13.0 Å². The first-order valence-corrected chi connectivity index (χ1v) is 7.01. The summed E-state index contributed by atoms with van der Waals surface area (Å²) in [6.07, 6.45) is 0. The lowest BCUT2D eigenvalue weighted by Gasteiger charge is -2.15. The first-order chi connectivity index (χ1) is 10.1. The summed E-state index contributed by atoms with van der Waals surface area (Å²) in [4.78, 5) is 4.11. The van der Waals surface area contributed by atoms with Crippen LogP contribution >= 0.6 is 11.6 Å². The van der Waals surface area contributed by atoms with Crippen LogP contribution in [-0.4, -0.2) is 23.8 Å². The monoisotopic (exact) mass is 311 g/mol. The molecule has 1 aromatic carbocycles. The summed E-state index contributed by atoms with van der Waals surface area (Å²) < 4.78 is 16.1. The third-order valence-corrected chi connectivity index (χ3v) is 3.02. The smallest absolute Gasteiger partial charge is 0.223 e. The molecule has 0 fully saturated rings. The lowest BCUT2D eigenvalue weighted by Crippen LogP contribution is -2.13. The topological polar surface area (TPSA) is 69.4 Å². The van der Waals surface area contributed by atoms with Gasteiger partial charge in [0.2, 0.25) is 11.7 Å². The Morgan fingerprint density at radius 3 is 2.81 bits per heavy atom. The second kappa shape index (κ2) is 7.28. The van der Waals surface area contributed by atoms with Crippen molar-refractivity contribution in [1.82, 2.24) is 15.5 Å². The highest BCUT2D eigenvalue weighted by atomic mass is 35.5. The molecule has 1 aromatic heterocycles. The maximum atomic E-state index is 6.10. The second-order valence-corrected chi connectivity index (χ2v) is 4.83. The third kappa shape index (κ3) is 4.09. The van der Waals surface area contributed by atoms with Gasteiger partial charge in [0.1, 0.15) is 0 Å². The van der Waals surface area contributed by atoms with Gasteiger partial charge in [0.25, 0.3) is 0 Å². The van der Waals surface area contributed by atoms with Crippen LogP contribution < -0.4 is 14.8 Å². The van der Waals surface area contributed by atoms with Crippen molar-refractivity contribution < 1.29 is 14.0 Å².